The molecule has 1 aliphatic rings. The largest absolute Gasteiger partial charge is 0.486 e. The fourth-order valence-corrected chi connectivity index (χ4v) is 4.39. The van der Waals surface area contributed by atoms with Crippen molar-refractivity contribution in [3.63, 3.8) is 0 Å². The standard InChI is InChI=1S/C12H11ClN2O4S2/c13-11-1-2-12(20-11)21(16,17)15-8-6-10-9(5-7(8)14)18-3-4-19-10/h1-2,5-6,15H,3-4,14H2. The van der Waals surface area contributed by atoms with Crippen LogP contribution in [0.25, 0.3) is 0 Å². The van der Waals surface area contributed by atoms with Crippen molar-refractivity contribution in [3.05, 3.63) is 28.6 Å². The molecule has 0 spiro atoms. The van der Waals surface area contributed by atoms with Crippen LogP contribution in [-0.4, -0.2) is 21.6 Å². The molecule has 3 N–H and O–H groups in total. The molecular weight excluding hydrogens is 336 g/mol. The molecule has 1 aromatic heterocycles. The molecule has 21 heavy (non-hydrogen) atoms. The molecule has 0 saturated heterocycles. The fraction of sp³-hybridized carbons (Fsp3) is 0.167. The summed E-state index contributed by atoms with van der Waals surface area (Å²) in [7, 11) is -3.73. The highest BCUT2D eigenvalue weighted by Crippen LogP contribution is 2.38. The van der Waals surface area contributed by atoms with Gasteiger partial charge >= 0.3 is 0 Å². The summed E-state index contributed by atoms with van der Waals surface area (Å²) in [5.41, 5.74) is 6.34. The lowest BCUT2D eigenvalue weighted by Crippen LogP contribution is -2.17. The SMILES string of the molecule is Nc1cc2c(cc1NS(=O)(=O)c1ccc(Cl)s1)OCCO2. The molecule has 0 bridgehead atoms. The highest BCUT2D eigenvalue weighted by molar-refractivity contribution is 7.94. The van der Waals surface area contributed by atoms with E-state index in [-0.39, 0.29) is 15.6 Å². The normalized spacial score (nSPS) is 14.0. The predicted molar refractivity (Wildman–Crippen MR) is 82.0 cm³/mol. The number of nitrogens with one attached hydrogen (secondary N) is 1. The number of fused-ring (bicyclic) bond motifs is 1. The first kappa shape index (κ1) is 14.3. The van der Waals surface area contributed by atoms with Crippen LogP contribution in [0, 0.1) is 0 Å². The monoisotopic (exact) mass is 346 g/mol. The van der Waals surface area contributed by atoms with Gasteiger partial charge in [0, 0.05) is 12.1 Å². The lowest BCUT2D eigenvalue weighted by molar-refractivity contribution is 0.172. The lowest BCUT2D eigenvalue weighted by Gasteiger charge is -2.20. The Hall–Kier alpha value is -1.64. The van der Waals surface area contributed by atoms with Crippen molar-refractivity contribution >= 4 is 44.3 Å². The number of halogens is 1. The Morgan fingerprint density at radius 1 is 1.19 bits per heavy atom. The first-order valence-electron chi connectivity index (χ1n) is 5.93. The molecule has 0 saturated carbocycles. The zero-order valence-electron chi connectivity index (χ0n) is 10.6. The van der Waals surface area contributed by atoms with Crippen LogP contribution in [-0.2, 0) is 10.0 Å². The summed E-state index contributed by atoms with van der Waals surface area (Å²) in [6.07, 6.45) is 0. The first-order chi connectivity index (χ1) is 9.95. The third-order valence-corrected chi connectivity index (χ3v) is 5.86. The maximum absolute atomic E-state index is 12.2. The van der Waals surface area contributed by atoms with Crippen LogP contribution in [0.3, 0.4) is 0 Å². The van der Waals surface area contributed by atoms with Gasteiger partial charge in [-0.1, -0.05) is 11.6 Å². The summed E-state index contributed by atoms with van der Waals surface area (Å²) in [6.45, 7) is 0.842. The number of nitrogens with two attached hydrogens (primary N) is 1. The number of thiophene rings is 1. The Balaban J connectivity index is 1.94. The second-order valence-corrected chi connectivity index (χ2v) is 7.87. The molecule has 9 heteroatoms. The van der Waals surface area contributed by atoms with Crippen LogP contribution in [0.1, 0.15) is 0 Å². The summed E-state index contributed by atoms with van der Waals surface area (Å²) in [6, 6.07) is 6.00. The molecule has 3 rings (SSSR count). The number of nitrogen functional groups attached to an aromatic ring is 1. The van der Waals surface area contributed by atoms with E-state index in [1.807, 2.05) is 0 Å². The van der Waals surface area contributed by atoms with Crippen molar-refractivity contribution < 1.29 is 17.9 Å². The molecule has 0 atom stereocenters. The Labute approximate surface area is 130 Å². The maximum Gasteiger partial charge on any atom is 0.271 e. The number of anilines is 2. The molecular formula is C12H11ClN2O4S2. The Morgan fingerprint density at radius 3 is 2.48 bits per heavy atom. The molecule has 0 fully saturated rings. The summed E-state index contributed by atoms with van der Waals surface area (Å²) in [5.74, 6) is 0.957. The third kappa shape index (κ3) is 2.87. The molecule has 0 amide bonds. The second kappa shape index (κ2) is 5.28. The van der Waals surface area contributed by atoms with Crippen LogP contribution in [0.4, 0.5) is 11.4 Å². The van der Waals surface area contributed by atoms with Crippen molar-refractivity contribution in [1.82, 2.24) is 0 Å². The predicted octanol–water partition coefficient (Wildman–Crippen LogP) is 2.56. The van der Waals surface area contributed by atoms with E-state index < -0.39 is 10.0 Å². The minimum atomic E-state index is -3.73. The average Bonchev–Trinajstić information content (AvgIpc) is 2.87. The first-order valence-corrected chi connectivity index (χ1v) is 8.61. The molecule has 0 radical (unpaired) electrons. The topological polar surface area (TPSA) is 90.7 Å². The van der Waals surface area contributed by atoms with Crippen molar-refractivity contribution in [2.24, 2.45) is 0 Å². The highest BCUT2D eigenvalue weighted by atomic mass is 35.5. The molecule has 1 aromatic carbocycles. The van der Waals surface area contributed by atoms with E-state index in [2.05, 4.69) is 4.72 Å². The fourth-order valence-electron chi connectivity index (χ4n) is 1.83. The van der Waals surface area contributed by atoms with Gasteiger partial charge in [-0.2, -0.15) is 0 Å². The van der Waals surface area contributed by atoms with E-state index in [4.69, 9.17) is 26.8 Å². The number of benzene rings is 1. The highest BCUT2D eigenvalue weighted by Gasteiger charge is 2.21. The Kier molecular flexibility index (Phi) is 3.60. The smallest absolute Gasteiger partial charge is 0.271 e. The molecule has 0 aliphatic carbocycles. The second-order valence-electron chi connectivity index (χ2n) is 4.25. The number of ether oxygens (including phenoxy) is 2. The van der Waals surface area contributed by atoms with Gasteiger partial charge in [-0.3, -0.25) is 4.72 Å². The molecule has 1 aliphatic heterocycles. The number of hydrogen-bond acceptors (Lipinski definition) is 6. The van der Waals surface area contributed by atoms with Gasteiger partial charge in [0.05, 0.1) is 15.7 Å². The lowest BCUT2D eigenvalue weighted by atomic mass is 10.2. The van der Waals surface area contributed by atoms with Crippen molar-refractivity contribution in [2.75, 3.05) is 23.7 Å². The van der Waals surface area contributed by atoms with Gasteiger partial charge in [-0.25, -0.2) is 8.42 Å². The number of sulfonamides is 1. The van der Waals surface area contributed by atoms with Gasteiger partial charge in [0.1, 0.15) is 17.4 Å². The summed E-state index contributed by atoms with van der Waals surface area (Å²) >= 11 is 6.73. The van der Waals surface area contributed by atoms with E-state index in [9.17, 15) is 8.42 Å². The van der Waals surface area contributed by atoms with Crippen LogP contribution >= 0.6 is 22.9 Å². The zero-order chi connectivity index (χ0) is 15.0. The van der Waals surface area contributed by atoms with Gasteiger partial charge in [-0.05, 0) is 12.1 Å². The van der Waals surface area contributed by atoms with E-state index in [0.29, 0.717) is 29.0 Å². The molecule has 112 valence electrons. The van der Waals surface area contributed by atoms with Crippen LogP contribution in [0.2, 0.25) is 4.34 Å². The Morgan fingerprint density at radius 2 is 1.86 bits per heavy atom. The number of hydrogen-bond donors (Lipinski definition) is 2. The van der Waals surface area contributed by atoms with Gasteiger partial charge < -0.3 is 15.2 Å². The van der Waals surface area contributed by atoms with E-state index in [1.54, 1.807) is 0 Å². The minimum absolute atomic E-state index is 0.113. The molecule has 2 heterocycles. The van der Waals surface area contributed by atoms with Gasteiger partial charge in [0.2, 0.25) is 0 Å². The molecule has 2 aromatic rings. The maximum atomic E-state index is 12.2. The molecule has 6 nitrogen and oxygen atoms in total. The van der Waals surface area contributed by atoms with Crippen LogP contribution in [0.15, 0.2) is 28.5 Å². The summed E-state index contributed by atoms with van der Waals surface area (Å²) < 4.78 is 38.2. The van der Waals surface area contributed by atoms with E-state index in [1.165, 1.54) is 24.3 Å². The van der Waals surface area contributed by atoms with Crippen LogP contribution in [0.5, 0.6) is 11.5 Å². The van der Waals surface area contributed by atoms with Crippen molar-refractivity contribution in [1.29, 1.82) is 0 Å². The zero-order valence-corrected chi connectivity index (χ0v) is 13.0. The van der Waals surface area contributed by atoms with E-state index in [0.717, 1.165) is 11.3 Å². The third-order valence-electron chi connectivity index (χ3n) is 2.77. The quantitative estimate of drug-likeness (QED) is 0.833. The van der Waals surface area contributed by atoms with Gasteiger partial charge in [-0.15, -0.1) is 11.3 Å². The van der Waals surface area contributed by atoms with Crippen LogP contribution < -0.4 is 19.9 Å². The molecule has 0 unspecified atom stereocenters. The Bertz CT molecular complexity index is 789. The van der Waals surface area contributed by atoms with Crippen molar-refractivity contribution in [3.8, 4) is 11.5 Å². The van der Waals surface area contributed by atoms with Gasteiger partial charge in [0.25, 0.3) is 10.0 Å². The van der Waals surface area contributed by atoms with Crippen molar-refractivity contribution in [2.45, 2.75) is 4.21 Å². The van der Waals surface area contributed by atoms with E-state index >= 15 is 0 Å². The number of rotatable bonds is 3. The summed E-state index contributed by atoms with van der Waals surface area (Å²) in [5, 5.41) is 0. The minimum Gasteiger partial charge on any atom is -0.486 e. The van der Waals surface area contributed by atoms with Gasteiger partial charge in [0.15, 0.2) is 11.5 Å². The summed E-state index contributed by atoms with van der Waals surface area (Å²) in [4.78, 5) is 0. The average molecular weight is 347 g/mol.